The number of nitrogens with one attached hydrogen (secondary N) is 1. The standard InChI is InChI=1S/C23H29F2N5O4S/c1-14(31)15-12-26-23(27-13-15)29-8-5-16(6-9-29)30-7-3-4-19(22(30)32)28-20-10-18(25)21(11-17(20)24)35(2,33)34/h10-14,16,19,28,31H,3-9H2,1-2H3/t14?,19-/m0/s1. The fourth-order valence-electron chi connectivity index (χ4n) is 4.59. The number of rotatable bonds is 6. The number of amides is 1. The molecule has 0 spiro atoms. The number of aromatic nitrogens is 2. The number of halogens is 2. The maximum absolute atomic E-state index is 14.5. The van der Waals surface area contributed by atoms with Crippen molar-refractivity contribution in [3.05, 3.63) is 41.7 Å². The highest BCUT2D eigenvalue weighted by Gasteiger charge is 2.35. The first-order valence-electron chi connectivity index (χ1n) is 11.6. The van der Waals surface area contributed by atoms with Crippen molar-refractivity contribution in [2.24, 2.45) is 0 Å². The highest BCUT2D eigenvalue weighted by Crippen LogP contribution is 2.28. The summed E-state index contributed by atoms with van der Waals surface area (Å²) in [6.07, 6.45) is 5.98. The lowest BCUT2D eigenvalue weighted by molar-refractivity contribution is -0.137. The maximum Gasteiger partial charge on any atom is 0.245 e. The minimum absolute atomic E-state index is 0.00859. The Balaban J connectivity index is 1.40. The molecular formula is C23H29F2N5O4S. The molecule has 190 valence electrons. The summed E-state index contributed by atoms with van der Waals surface area (Å²) in [5.74, 6) is -1.59. The van der Waals surface area contributed by atoms with Gasteiger partial charge < -0.3 is 20.2 Å². The van der Waals surface area contributed by atoms with Crippen LogP contribution in [0.1, 0.15) is 44.3 Å². The van der Waals surface area contributed by atoms with Crippen molar-refractivity contribution < 1.29 is 27.1 Å². The molecule has 12 heteroatoms. The molecule has 2 fully saturated rings. The van der Waals surface area contributed by atoms with Crippen molar-refractivity contribution in [3.8, 4) is 0 Å². The van der Waals surface area contributed by atoms with Gasteiger partial charge in [-0.15, -0.1) is 0 Å². The molecule has 0 bridgehead atoms. The topological polar surface area (TPSA) is 116 Å². The Morgan fingerprint density at radius 2 is 1.74 bits per heavy atom. The summed E-state index contributed by atoms with van der Waals surface area (Å²) < 4.78 is 52.0. The van der Waals surface area contributed by atoms with E-state index >= 15 is 0 Å². The number of carbonyl (C=O) groups excluding carboxylic acids is 1. The molecule has 0 aliphatic carbocycles. The summed E-state index contributed by atoms with van der Waals surface area (Å²) >= 11 is 0. The molecule has 2 N–H and O–H groups in total. The smallest absolute Gasteiger partial charge is 0.245 e. The van der Waals surface area contributed by atoms with Crippen molar-refractivity contribution in [1.82, 2.24) is 14.9 Å². The van der Waals surface area contributed by atoms with Gasteiger partial charge in [0, 0.05) is 56.0 Å². The molecule has 4 rings (SSSR count). The van der Waals surface area contributed by atoms with Gasteiger partial charge >= 0.3 is 0 Å². The highest BCUT2D eigenvalue weighted by molar-refractivity contribution is 7.90. The SMILES string of the molecule is CC(O)c1cnc(N2CCC(N3CCC[C@H](Nc4cc(F)c(S(C)(=O)=O)cc4F)C3=O)CC2)nc1. The molecule has 1 unspecified atom stereocenters. The molecule has 1 aromatic carbocycles. The summed E-state index contributed by atoms with van der Waals surface area (Å²) in [4.78, 5) is 25.0. The van der Waals surface area contributed by atoms with Crippen LogP contribution in [0, 0.1) is 11.6 Å². The molecule has 2 saturated heterocycles. The van der Waals surface area contributed by atoms with Crippen LogP contribution in [-0.2, 0) is 14.6 Å². The third kappa shape index (κ3) is 5.53. The Bertz CT molecular complexity index is 1190. The molecule has 2 aromatic rings. The van der Waals surface area contributed by atoms with Gasteiger partial charge in [-0.1, -0.05) is 0 Å². The Morgan fingerprint density at radius 1 is 1.09 bits per heavy atom. The van der Waals surface area contributed by atoms with Gasteiger partial charge in [-0.05, 0) is 38.7 Å². The lowest BCUT2D eigenvalue weighted by atomic mass is 9.97. The summed E-state index contributed by atoms with van der Waals surface area (Å²) in [5, 5.41) is 12.4. The van der Waals surface area contributed by atoms with Crippen LogP contribution in [0.15, 0.2) is 29.4 Å². The van der Waals surface area contributed by atoms with Crippen LogP contribution in [0.3, 0.4) is 0 Å². The number of aliphatic hydroxyl groups is 1. The molecular weight excluding hydrogens is 480 g/mol. The normalized spacial score (nSPS) is 20.7. The number of aliphatic hydroxyl groups excluding tert-OH is 1. The van der Waals surface area contributed by atoms with Gasteiger partial charge in [-0.2, -0.15) is 0 Å². The number of sulfone groups is 1. The Morgan fingerprint density at radius 3 is 2.34 bits per heavy atom. The monoisotopic (exact) mass is 509 g/mol. The average molecular weight is 510 g/mol. The van der Waals surface area contributed by atoms with E-state index in [1.54, 1.807) is 24.2 Å². The fourth-order valence-corrected chi connectivity index (χ4v) is 5.33. The maximum atomic E-state index is 14.5. The second kappa shape index (κ2) is 10.0. The van der Waals surface area contributed by atoms with Gasteiger partial charge in [-0.25, -0.2) is 27.2 Å². The molecule has 3 heterocycles. The molecule has 0 saturated carbocycles. The zero-order valence-corrected chi connectivity index (χ0v) is 20.4. The Hall–Kier alpha value is -2.86. The van der Waals surface area contributed by atoms with Gasteiger partial charge in [0.15, 0.2) is 9.84 Å². The number of carbonyl (C=O) groups is 1. The molecule has 1 amide bonds. The zero-order valence-electron chi connectivity index (χ0n) is 19.6. The van der Waals surface area contributed by atoms with Crippen LogP contribution in [0.5, 0.6) is 0 Å². The Kier molecular flexibility index (Phi) is 7.22. The van der Waals surface area contributed by atoms with Crippen LogP contribution in [0.4, 0.5) is 20.4 Å². The molecule has 9 nitrogen and oxygen atoms in total. The number of piperidine rings is 2. The summed E-state index contributed by atoms with van der Waals surface area (Å²) in [6, 6.07) is 0.716. The fraction of sp³-hybridized carbons (Fsp3) is 0.522. The van der Waals surface area contributed by atoms with E-state index in [4.69, 9.17) is 0 Å². The van der Waals surface area contributed by atoms with Crippen molar-refractivity contribution >= 4 is 27.4 Å². The van der Waals surface area contributed by atoms with Crippen molar-refractivity contribution in [3.63, 3.8) is 0 Å². The van der Waals surface area contributed by atoms with Crippen LogP contribution in [0.25, 0.3) is 0 Å². The lowest BCUT2D eigenvalue weighted by Crippen LogP contribution is -2.54. The number of anilines is 2. The number of nitrogens with zero attached hydrogens (tertiary/aromatic N) is 4. The van der Waals surface area contributed by atoms with E-state index in [0.717, 1.165) is 12.3 Å². The molecule has 1 aromatic heterocycles. The largest absolute Gasteiger partial charge is 0.389 e. The van der Waals surface area contributed by atoms with Crippen LogP contribution >= 0.6 is 0 Å². The van der Waals surface area contributed by atoms with Gasteiger partial charge in [0.2, 0.25) is 11.9 Å². The third-order valence-electron chi connectivity index (χ3n) is 6.55. The number of hydrogen-bond acceptors (Lipinski definition) is 8. The van der Waals surface area contributed by atoms with Gasteiger partial charge in [0.25, 0.3) is 0 Å². The van der Waals surface area contributed by atoms with Crippen molar-refractivity contribution in [2.45, 2.75) is 55.7 Å². The first kappa shape index (κ1) is 25.2. The number of benzene rings is 1. The van der Waals surface area contributed by atoms with Crippen LogP contribution in [0.2, 0.25) is 0 Å². The molecule has 2 atom stereocenters. The van der Waals surface area contributed by atoms with Gasteiger partial charge in [0.05, 0.1) is 11.8 Å². The number of likely N-dealkylation sites (tertiary alicyclic amines) is 1. The lowest BCUT2D eigenvalue weighted by Gasteiger charge is -2.42. The van der Waals surface area contributed by atoms with E-state index in [9.17, 15) is 27.1 Å². The second-order valence-corrected chi connectivity index (χ2v) is 11.1. The molecule has 35 heavy (non-hydrogen) atoms. The highest BCUT2D eigenvalue weighted by atomic mass is 32.2. The van der Waals surface area contributed by atoms with Gasteiger partial charge in [0.1, 0.15) is 22.6 Å². The zero-order chi connectivity index (χ0) is 25.3. The first-order valence-corrected chi connectivity index (χ1v) is 13.4. The molecule has 2 aliphatic heterocycles. The van der Waals surface area contributed by atoms with Crippen LogP contribution in [-0.4, -0.2) is 72.3 Å². The second-order valence-electron chi connectivity index (χ2n) is 9.12. The van der Waals surface area contributed by atoms with E-state index in [1.165, 1.54) is 0 Å². The third-order valence-corrected chi connectivity index (χ3v) is 7.66. The van der Waals surface area contributed by atoms with Crippen molar-refractivity contribution in [1.29, 1.82) is 0 Å². The summed E-state index contributed by atoms with van der Waals surface area (Å²) in [5.41, 5.74) is 0.408. The number of hydrogen-bond donors (Lipinski definition) is 2. The predicted molar refractivity (Wildman–Crippen MR) is 126 cm³/mol. The van der Waals surface area contributed by atoms with E-state index < -0.39 is 38.5 Å². The van der Waals surface area contributed by atoms with E-state index in [0.29, 0.717) is 62.9 Å². The van der Waals surface area contributed by atoms with Gasteiger partial charge in [-0.3, -0.25) is 4.79 Å². The summed E-state index contributed by atoms with van der Waals surface area (Å²) in [6.45, 7) is 3.56. The summed E-state index contributed by atoms with van der Waals surface area (Å²) in [7, 11) is -3.91. The van der Waals surface area contributed by atoms with E-state index in [2.05, 4.69) is 15.3 Å². The Labute approximate surface area is 203 Å². The average Bonchev–Trinajstić information content (AvgIpc) is 2.82. The van der Waals surface area contributed by atoms with E-state index in [1.807, 2.05) is 4.90 Å². The van der Waals surface area contributed by atoms with E-state index in [-0.39, 0.29) is 17.6 Å². The molecule has 0 radical (unpaired) electrons. The quantitative estimate of drug-likeness (QED) is 0.610. The minimum atomic E-state index is -3.91. The first-order chi connectivity index (χ1) is 16.5. The minimum Gasteiger partial charge on any atom is -0.389 e. The van der Waals surface area contributed by atoms with Crippen LogP contribution < -0.4 is 10.2 Å². The predicted octanol–water partition coefficient (Wildman–Crippen LogP) is 2.28. The van der Waals surface area contributed by atoms with Crippen molar-refractivity contribution in [2.75, 3.05) is 36.1 Å². The molecule has 2 aliphatic rings.